The lowest BCUT2D eigenvalue weighted by Crippen LogP contribution is -2.36. The van der Waals surface area contributed by atoms with Crippen molar-refractivity contribution in [1.29, 1.82) is 0 Å². The number of halogens is 3. The van der Waals surface area contributed by atoms with E-state index in [0.717, 1.165) is 12.1 Å². The molecule has 0 spiro atoms. The lowest BCUT2D eigenvalue weighted by molar-refractivity contribution is -0.137. The molecule has 0 saturated heterocycles. The molecule has 1 aromatic carbocycles. The Morgan fingerprint density at radius 3 is 2.53 bits per heavy atom. The summed E-state index contributed by atoms with van der Waals surface area (Å²) in [6, 6.07) is 4.46. The van der Waals surface area contributed by atoms with Gasteiger partial charge in [0.05, 0.1) is 11.3 Å². The molecule has 0 radical (unpaired) electrons. The van der Waals surface area contributed by atoms with Gasteiger partial charge >= 0.3 is 6.18 Å². The van der Waals surface area contributed by atoms with Crippen molar-refractivity contribution in [2.45, 2.75) is 6.18 Å². The summed E-state index contributed by atoms with van der Waals surface area (Å²) in [5.41, 5.74) is 6.51. The number of hydrazine groups is 1. The first-order valence-corrected chi connectivity index (χ1v) is 3.91. The lowest BCUT2D eigenvalue weighted by atomic mass is 10.2. The largest absolute Gasteiger partial charge is 0.416 e. The van der Waals surface area contributed by atoms with E-state index >= 15 is 0 Å². The highest BCUT2D eigenvalue weighted by Crippen LogP contribution is 2.31. The van der Waals surface area contributed by atoms with Crippen LogP contribution in [0.25, 0.3) is 0 Å². The van der Waals surface area contributed by atoms with Gasteiger partial charge in [0, 0.05) is 0 Å². The van der Waals surface area contributed by atoms with Gasteiger partial charge in [0.1, 0.15) is 0 Å². The summed E-state index contributed by atoms with van der Waals surface area (Å²) in [4.78, 5) is 3.61. The zero-order valence-corrected chi connectivity index (χ0v) is 7.55. The summed E-state index contributed by atoms with van der Waals surface area (Å²) in [7, 11) is 0. The highest BCUT2D eigenvalue weighted by atomic mass is 19.4. The van der Waals surface area contributed by atoms with Gasteiger partial charge in [-0.05, 0) is 18.2 Å². The molecule has 0 aromatic heterocycles. The molecule has 82 valence electrons. The summed E-state index contributed by atoms with van der Waals surface area (Å²) in [5, 5.41) is 0. The van der Waals surface area contributed by atoms with Gasteiger partial charge in [-0.2, -0.15) is 13.2 Å². The third-order valence-electron chi connectivity index (χ3n) is 1.57. The number of benzene rings is 1. The van der Waals surface area contributed by atoms with Gasteiger partial charge in [-0.25, -0.2) is 10.8 Å². The maximum atomic E-state index is 12.3. The van der Waals surface area contributed by atoms with Gasteiger partial charge in [-0.15, -0.1) is 0 Å². The normalized spacial score (nSPS) is 12.7. The van der Waals surface area contributed by atoms with Crippen LogP contribution in [0, 0.1) is 0 Å². The number of hydrogen-bond donors (Lipinski definition) is 3. The number of nitrogens with one attached hydrogen (secondary N) is 1. The zero-order valence-electron chi connectivity index (χ0n) is 7.55. The van der Waals surface area contributed by atoms with E-state index in [-0.39, 0.29) is 11.6 Å². The van der Waals surface area contributed by atoms with Crippen molar-refractivity contribution in [2.24, 2.45) is 16.6 Å². The fraction of sp³-hybridized carbons (Fsp3) is 0.125. The molecule has 0 bridgehead atoms. The first-order chi connectivity index (χ1) is 6.93. The molecule has 7 heteroatoms. The lowest BCUT2D eigenvalue weighted by Gasteiger charge is -2.06. The smallest absolute Gasteiger partial charge is 0.369 e. The maximum Gasteiger partial charge on any atom is 0.416 e. The molecular formula is C8H9F3N4. The molecule has 1 aromatic rings. The van der Waals surface area contributed by atoms with Crippen LogP contribution in [0.2, 0.25) is 0 Å². The predicted molar refractivity (Wildman–Crippen MR) is 50.0 cm³/mol. The molecule has 0 aliphatic rings. The van der Waals surface area contributed by atoms with E-state index in [1.54, 1.807) is 0 Å². The highest BCUT2D eigenvalue weighted by Gasteiger charge is 2.30. The molecule has 4 nitrogen and oxygen atoms in total. The third-order valence-corrected chi connectivity index (χ3v) is 1.57. The second-order valence-electron chi connectivity index (χ2n) is 2.69. The minimum atomic E-state index is -4.39. The average Bonchev–Trinajstić information content (AvgIpc) is 2.17. The van der Waals surface area contributed by atoms with Crippen LogP contribution >= 0.6 is 0 Å². The molecule has 0 saturated carbocycles. The number of nitrogens with two attached hydrogens (primary N) is 2. The average molecular weight is 218 g/mol. The molecule has 15 heavy (non-hydrogen) atoms. The SMILES string of the molecule is NNC(N)=Nc1cccc(C(F)(F)F)c1. The Bertz CT molecular complexity index is 372. The number of rotatable bonds is 1. The van der Waals surface area contributed by atoms with Gasteiger partial charge < -0.3 is 5.73 Å². The van der Waals surface area contributed by atoms with E-state index in [1.807, 2.05) is 5.43 Å². The molecule has 1 rings (SSSR count). The van der Waals surface area contributed by atoms with Gasteiger partial charge in [0.2, 0.25) is 5.96 Å². The van der Waals surface area contributed by atoms with Crippen LogP contribution in [-0.4, -0.2) is 5.96 Å². The van der Waals surface area contributed by atoms with Crippen LogP contribution in [0.4, 0.5) is 18.9 Å². The first-order valence-electron chi connectivity index (χ1n) is 3.91. The molecule has 0 aliphatic carbocycles. The number of nitrogens with zero attached hydrogens (tertiary/aromatic N) is 1. The number of alkyl halides is 3. The molecule has 0 heterocycles. The van der Waals surface area contributed by atoms with Crippen molar-refractivity contribution in [2.75, 3.05) is 0 Å². The molecule has 0 amide bonds. The van der Waals surface area contributed by atoms with E-state index in [9.17, 15) is 13.2 Å². The molecule has 0 aliphatic heterocycles. The first kappa shape index (κ1) is 11.3. The second-order valence-corrected chi connectivity index (χ2v) is 2.69. The number of aliphatic imine (C=N–C) groups is 1. The van der Waals surface area contributed by atoms with E-state index in [1.165, 1.54) is 12.1 Å². The third kappa shape index (κ3) is 3.13. The zero-order chi connectivity index (χ0) is 11.5. The van der Waals surface area contributed by atoms with Crippen molar-refractivity contribution < 1.29 is 13.2 Å². The van der Waals surface area contributed by atoms with Crippen molar-refractivity contribution in [1.82, 2.24) is 5.43 Å². The van der Waals surface area contributed by atoms with Gasteiger partial charge in [-0.3, -0.25) is 5.43 Å². The monoisotopic (exact) mass is 218 g/mol. The molecular weight excluding hydrogens is 209 g/mol. The van der Waals surface area contributed by atoms with Crippen LogP contribution in [0.1, 0.15) is 5.56 Å². The fourth-order valence-corrected chi connectivity index (χ4v) is 0.923. The number of hydrogen-bond acceptors (Lipinski definition) is 2. The van der Waals surface area contributed by atoms with Crippen LogP contribution < -0.4 is 17.0 Å². The van der Waals surface area contributed by atoms with Gasteiger partial charge in [0.15, 0.2) is 0 Å². The van der Waals surface area contributed by atoms with Crippen molar-refractivity contribution in [3.05, 3.63) is 29.8 Å². The van der Waals surface area contributed by atoms with Crippen LogP contribution in [0.5, 0.6) is 0 Å². The molecule has 0 unspecified atom stereocenters. The van der Waals surface area contributed by atoms with E-state index < -0.39 is 11.7 Å². The fourth-order valence-electron chi connectivity index (χ4n) is 0.923. The summed E-state index contributed by atoms with van der Waals surface area (Å²) in [6.45, 7) is 0. The second kappa shape index (κ2) is 4.18. The summed E-state index contributed by atoms with van der Waals surface area (Å²) in [5.74, 6) is 4.76. The summed E-state index contributed by atoms with van der Waals surface area (Å²) in [6.07, 6.45) is -4.39. The number of guanidine groups is 1. The van der Waals surface area contributed by atoms with E-state index in [2.05, 4.69) is 4.99 Å². The quantitative estimate of drug-likeness (QED) is 0.286. The van der Waals surface area contributed by atoms with Crippen LogP contribution in [0.3, 0.4) is 0 Å². The van der Waals surface area contributed by atoms with E-state index in [0.29, 0.717) is 0 Å². The Hall–Kier alpha value is -1.76. The molecule has 5 N–H and O–H groups in total. The minimum Gasteiger partial charge on any atom is -0.369 e. The molecule has 0 atom stereocenters. The summed E-state index contributed by atoms with van der Waals surface area (Å²) >= 11 is 0. The van der Waals surface area contributed by atoms with Crippen molar-refractivity contribution in [3.63, 3.8) is 0 Å². The minimum absolute atomic E-state index is 0.0836. The van der Waals surface area contributed by atoms with Crippen molar-refractivity contribution >= 4 is 11.6 Å². The predicted octanol–water partition coefficient (Wildman–Crippen LogP) is 1.11. The van der Waals surface area contributed by atoms with Gasteiger partial charge in [0.25, 0.3) is 0 Å². The molecule has 0 fully saturated rings. The Morgan fingerprint density at radius 2 is 2.00 bits per heavy atom. The maximum absolute atomic E-state index is 12.3. The van der Waals surface area contributed by atoms with Crippen molar-refractivity contribution in [3.8, 4) is 0 Å². The van der Waals surface area contributed by atoms with Crippen LogP contribution in [-0.2, 0) is 6.18 Å². The highest BCUT2D eigenvalue weighted by molar-refractivity contribution is 5.80. The van der Waals surface area contributed by atoms with Gasteiger partial charge in [-0.1, -0.05) is 6.07 Å². The standard InChI is InChI=1S/C8H9F3N4/c9-8(10,11)5-2-1-3-6(4-5)14-7(12)15-13/h1-4H,13H2,(H3,12,14,15). The van der Waals surface area contributed by atoms with Crippen LogP contribution in [0.15, 0.2) is 29.3 Å². The Balaban J connectivity index is 3.04. The Labute approximate surface area is 83.8 Å². The summed E-state index contributed by atoms with van der Waals surface area (Å²) < 4.78 is 36.8. The Kier molecular flexibility index (Phi) is 3.15. The Morgan fingerprint density at radius 1 is 1.33 bits per heavy atom. The van der Waals surface area contributed by atoms with E-state index in [4.69, 9.17) is 11.6 Å². The topological polar surface area (TPSA) is 76.4 Å².